The first kappa shape index (κ1) is 12.9. The maximum absolute atomic E-state index is 12.5. The molecule has 0 unspecified atom stereocenters. The van der Waals surface area contributed by atoms with E-state index in [9.17, 15) is 18.0 Å². The molecule has 0 saturated carbocycles. The molecule has 7 nitrogen and oxygen atoms in total. The van der Waals surface area contributed by atoms with Gasteiger partial charge in [-0.2, -0.15) is 18.1 Å². The molecule has 1 amide bonds. The maximum Gasteiger partial charge on any atom is 0.471 e. The van der Waals surface area contributed by atoms with Crippen molar-refractivity contribution in [2.75, 3.05) is 12.1 Å². The quantitative estimate of drug-likeness (QED) is 0.782. The number of fused-ring (bicyclic) bond motifs is 2. The third-order valence-corrected chi connectivity index (χ3v) is 2.98. The molecule has 0 bridgehead atoms. The van der Waals surface area contributed by atoms with E-state index in [4.69, 9.17) is 19.2 Å². The third-order valence-electron chi connectivity index (χ3n) is 2.75. The van der Waals surface area contributed by atoms with Crippen LogP contribution in [0, 0.1) is 0 Å². The van der Waals surface area contributed by atoms with Gasteiger partial charge in [-0.15, -0.1) is 5.10 Å². The molecule has 0 spiro atoms. The number of anilines is 1. The number of benzene rings is 1. The molecule has 1 aromatic carbocycles. The third kappa shape index (κ3) is 2.97. The van der Waals surface area contributed by atoms with Crippen molar-refractivity contribution in [2.24, 2.45) is 5.10 Å². The van der Waals surface area contributed by atoms with Crippen LogP contribution in [0.25, 0.3) is 11.0 Å². The molecule has 2 heterocycles. The number of halogens is 4. The van der Waals surface area contributed by atoms with Crippen LogP contribution in [-0.2, 0) is 4.79 Å². The van der Waals surface area contributed by atoms with Crippen LogP contribution in [0.4, 0.5) is 19.0 Å². The molecule has 11 heteroatoms. The molecule has 0 fully saturated rings. The van der Waals surface area contributed by atoms with Gasteiger partial charge in [-0.3, -0.25) is 10.1 Å². The van der Waals surface area contributed by atoms with E-state index in [1.165, 1.54) is 13.1 Å². The van der Waals surface area contributed by atoms with Crippen LogP contribution >= 0.6 is 11.6 Å². The zero-order valence-corrected chi connectivity index (χ0v) is 12.1. The Hall–Kier alpha value is -2.62. The lowest BCUT2D eigenvalue weighted by Crippen LogP contribution is -2.46. The fourth-order valence-electron chi connectivity index (χ4n) is 1.76. The number of ether oxygens (including phenoxy) is 1. The smallest absolute Gasteiger partial charge is 0.366 e. The number of carbonyl (C=O) groups excluding carboxylic acids is 1. The van der Waals surface area contributed by atoms with Crippen molar-refractivity contribution in [1.29, 1.82) is 0 Å². The summed E-state index contributed by atoms with van der Waals surface area (Å²) in [6, 6.07) is 3.53. The number of H-pyrrole nitrogens is 1. The highest BCUT2D eigenvalue weighted by Crippen LogP contribution is 2.27. The molecule has 3 rings (SSSR count). The molecule has 1 aliphatic rings. The number of aromatic nitrogens is 2. The number of hydrazone groups is 1. The molecule has 1 aliphatic heterocycles. The Balaban J connectivity index is 2.07. The van der Waals surface area contributed by atoms with Gasteiger partial charge < -0.3 is 4.74 Å². The van der Waals surface area contributed by atoms with Crippen molar-refractivity contribution < 1.29 is 30.5 Å². The molecule has 120 valence electrons. The summed E-state index contributed by atoms with van der Waals surface area (Å²) in [5.41, 5.74) is 0.570. The van der Waals surface area contributed by atoms with Gasteiger partial charge in [0.2, 0.25) is 5.52 Å². The largest absolute Gasteiger partial charge is 0.471 e. The Labute approximate surface area is 134 Å². The van der Waals surface area contributed by atoms with Gasteiger partial charge in [-0.1, -0.05) is 11.6 Å². The molecule has 0 radical (unpaired) electrons. The van der Waals surface area contributed by atoms with Crippen molar-refractivity contribution in [3.05, 3.63) is 23.2 Å². The maximum atomic E-state index is 12.5. The highest BCUT2D eigenvalue weighted by atomic mass is 35.5. The number of carbonyl (C=O) groups is 1. The van der Waals surface area contributed by atoms with E-state index in [-0.39, 0.29) is 17.2 Å². The zero-order valence-electron chi connectivity index (χ0n) is 13.3. The monoisotopic (exact) mass is 348 g/mol. The van der Waals surface area contributed by atoms with Crippen LogP contribution in [0.3, 0.4) is 0 Å². The normalized spacial score (nSPS) is 15.3. The standard InChI is InChI=1S/C12H7ClF3N5O2/c1-21-8-9(18-7-4-5(13)2-3-6(7)17-8)23-11(20-21)19-10(22)12(14,15)16/h2-4H,1H3,(H,19,20,22)/p+1/i/hD2. The van der Waals surface area contributed by atoms with Crippen molar-refractivity contribution in [2.45, 2.75) is 6.18 Å². The Kier molecular flexibility index (Phi) is 2.93. The minimum atomic E-state index is -5.28. The second-order valence-corrected chi connectivity index (χ2v) is 4.84. The van der Waals surface area contributed by atoms with Gasteiger partial charge in [0.25, 0.3) is 5.82 Å². The van der Waals surface area contributed by atoms with Crippen LogP contribution in [0.1, 0.15) is 0 Å². The number of nitrogens with zero attached hydrogens (tertiary/aromatic N) is 3. The van der Waals surface area contributed by atoms with Crippen LogP contribution in [-0.4, -0.2) is 30.1 Å². The lowest BCUT2D eigenvalue weighted by molar-refractivity contribution is -0.357. The molecule has 0 atom stereocenters. The zero-order chi connectivity index (χ0) is 18.5. The second-order valence-electron chi connectivity index (χ2n) is 4.41. The van der Waals surface area contributed by atoms with Crippen LogP contribution in [0.2, 0.25) is 7.85 Å². The van der Waals surface area contributed by atoms with Crippen LogP contribution in [0.15, 0.2) is 23.3 Å². The van der Waals surface area contributed by atoms with Gasteiger partial charge in [0.05, 0.1) is 0 Å². The molecular weight excluding hydrogens is 339 g/mol. The van der Waals surface area contributed by atoms with E-state index < -0.39 is 23.4 Å². The fraction of sp³-hybridized carbons (Fsp3) is 0.167. The molecular formula is C12H8ClF3N5O2+. The molecule has 23 heavy (non-hydrogen) atoms. The summed E-state index contributed by atoms with van der Waals surface area (Å²) in [4.78, 5) is 16.1. The predicted octanol–water partition coefficient (Wildman–Crippen LogP) is 1.48. The molecule has 1 aromatic heterocycles. The van der Waals surface area contributed by atoms with Gasteiger partial charge in [0, 0.05) is 18.1 Å². The molecule has 0 saturated heterocycles. The van der Waals surface area contributed by atoms with Gasteiger partial charge in [-0.05, 0) is 12.1 Å². The Morgan fingerprint density at radius 2 is 2.30 bits per heavy atom. The summed E-state index contributed by atoms with van der Waals surface area (Å²) in [6.45, 7) is 0. The summed E-state index contributed by atoms with van der Waals surface area (Å²) >= 11 is 5.87. The lowest BCUT2D eigenvalue weighted by atomic mass is 10.3. The fourth-order valence-corrected chi connectivity index (χ4v) is 1.93. The summed E-state index contributed by atoms with van der Waals surface area (Å²) in [6.07, 6.45) is -5.28. The van der Waals surface area contributed by atoms with E-state index in [1.54, 1.807) is 12.1 Å². The number of amides is 1. The SMILES string of the molecule is [2H]N(C(=O)C(F)(F)F)C1=NN(C)c2nc3ccc(Cl)cc3[n+]([2H])c2O1. The molecule has 0 aliphatic carbocycles. The van der Waals surface area contributed by atoms with E-state index in [0.717, 1.165) is 9.99 Å². The minimum Gasteiger partial charge on any atom is -0.366 e. The van der Waals surface area contributed by atoms with E-state index >= 15 is 0 Å². The van der Waals surface area contributed by atoms with Crippen molar-refractivity contribution in [3.8, 4) is 5.88 Å². The first-order chi connectivity index (χ1) is 11.6. The number of hydrogen-bond donors (Lipinski definition) is 1. The van der Waals surface area contributed by atoms with Crippen molar-refractivity contribution in [3.63, 3.8) is 0 Å². The topological polar surface area (TPSA) is 81.0 Å². The number of hydrogen-bond acceptors (Lipinski definition) is 5. The first-order valence-electron chi connectivity index (χ1n) is 6.94. The predicted molar refractivity (Wildman–Crippen MR) is 74.0 cm³/mol. The Bertz CT molecular complexity index is 924. The number of alkyl halides is 3. The summed E-state index contributed by atoms with van der Waals surface area (Å²) in [5.74, 6) is -2.80. The second kappa shape index (κ2) is 5.23. The van der Waals surface area contributed by atoms with Gasteiger partial charge in [0.15, 0.2) is 1.41 Å². The molecule has 2 aromatic rings. The highest BCUT2D eigenvalue weighted by molar-refractivity contribution is 6.31. The number of rotatable bonds is 0. The molecule has 2 N–H and O–H groups in total. The van der Waals surface area contributed by atoms with Gasteiger partial charge in [0.1, 0.15) is 5.52 Å². The van der Waals surface area contributed by atoms with E-state index in [1.807, 2.05) is 0 Å². The van der Waals surface area contributed by atoms with Crippen LogP contribution in [0.5, 0.6) is 5.88 Å². The summed E-state index contributed by atoms with van der Waals surface area (Å²) in [5, 5.41) is 4.35. The lowest BCUT2D eigenvalue weighted by Gasteiger charge is -2.19. The van der Waals surface area contributed by atoms with Gasteiger partial charge in [-0.25, -0.2) is 9.99 Å². The first-order valence-corrected chi connectivity index (χ1v) is 6.42. The Morgan fingerprint density at radius 3 is 3.00 bits per heavy atom. The Morgan fingerprint density at radius 1 is 1.57 bits per heavy atom. The van der Waals surface area contributed by atoms with E-state index in [0.29, 0.717) is 10.5 Å². The van der Waals surface area contributed by atoms with Crippen molar-refractivity contribution in [1.82, 2.24) is 10.3 Å². The van der Waals surface area contributed by atoms with E-state index in [2.05, 4.69) is 10.1 Å². The number of nitrogens with one attached hydrogen (secondary N) is 2. The average molecular weight is 349 g/mol. The number of aromatic amines is 1. The number of amidine groups is 1. The van der Waals surface area contributed by atoms with Crippen molar-refractivity contribution >= 4 is 40.4 Å². The van der Waals surface area contributed by atoms with Crippen LogP contribution < -0.4 is 20.0 Å². The minimum absolute atomic E-state index is 0.0152. The summed E-state index contributed by atoms with van der Waals surface area (Å²) < 4.78 is 57.9. The summed E-state index contributed by atoms with van der Waals surface area (Å²) in [7, 11) is 1.32. The van der Waals surface area contributed by atoms with Gasteiger partial charge >= 0.3 is 25.4 Å². The average Bonchev–Trinajstić information content (AvgIpc) is 2.54. The highest BCUT2D eigenvalue weighted by Gasteiger charge is 2.41.